The number of nitrogens with zero attached hydrogens (tertiary/aromatic N) is 1. The fraction of sp³-hybridized carbons (Fsp3) is 0.188. The normalized spacial score (nSPS) is 12.0. The second-order valence-corrected chi connectivity index (χ2v) is 6.12. The summed E-state index contributed by atoms with van der Waals surface area (Å²) in [4.78, 5) is 14.0. The van der Waals surface area contributed by atoms with Crippen molar-refractivity contribution in [2.24, 2.45) is 0 Å². The standard InChI is InChI=1S/C16H14BrClFNO/c1-10(14-5-3-4-6-15(14)19)20(2)16(21)11-7-12(17)9-13(18)8-11/h3-10H,1-2H3. The first-order valence-corrected chi connectivity index (χ1v) is 7.55. The van der Waals surface area contributed by atoms with E-state index >= 15 is 0 Å². The topological polar surface area (TPSA) is 20.3 Å². The largest absolute Gasteiger partial charge is 0.335 e. The average molecular weight is 371 g/mol. The van der Waals surface area contributed by atoms with Crippen molar-refractivity contribution in [1.29, 1.82) is 0 Å². The lowest BCUT2D eigenvalue weighted by Gasteiger charge is -2.26. The Labute approximate surface area is 136 Å². The van der Waals surface area contributed by atoms with Crippen LogP contribution >= 0.6 is 27.5 Å². The number of carbonyl (C=O) groups excluding carboxylic acids is 1. The minimum absolute atomic E-state index is 0.214. The maximum absolute atomic E-state index is 13.8. The maximum atomic E-state index is 13.8. The van der Waals surface area contributed by atoms with Gasteiger partial charge < -0.3 is 4.90 Å². The number of hydrogen-bond acceptors (Lipinski definition) is 1. The van der Waals surface area contributed by atoms with Crippen molar-refractivity contribution in [1.82, 2.24) is 4.90 Å². The third-order valence-corrected chi connectivity index (χ3v) is 4.04. The van der Waals surface area contributed by atoms with Crippen molar-refractivity contribution >= 4 is 33.4 Å². The Morgan fingerprint density at radius 2 is 1.95 bits per heavy atom. The molecule has 0 aromatic heterocycles. The quantitative estimate of drug-likeness (QED) is 0.738. The summed E-state index contributed by atoms with van der Waals surface area (Å²) < 4.78 is 14.6. The predicted molar refractivity (Wildman–Crippen MR) is 86.1 cm³/mol. The van der Waals surface area contributed by atoms with E-state index < -0.39 is 0 Å². The van der Waals surface area contributed by atoms with Crippen LogP contribution in [0.15, 0.2) is 46.9 Å². The fourth-order valence-electron chi connectivity index (χ4n) is 2.08. The second-order valence-electron chi connectivity index (χ2n) is 4.77. The number of benzene rings is 2. The highest BCUT2D eigenvalue weighted by atomic mass is 79.9. The van der Waals surface area contributed by atoms with Gasteiger partial charge in [0.25, 0.3) is 5.91 Å². The Balaban J connectivity index is 2.28. The molecule has 0 saturated heterocycles. The van der Waals surface area contributed by atoms with Crippen LogP contribution in [0.1, 0.15) is 28.9 Å². The molecule has 2 aromatic carbocycles. The van der Waals surface area contributed by atoms with Gasteiger partial charge in [0.15, 0.2) is 0 Å². The average Bonchev–Trinajstić information content (AvgIpc) is 2.44. The molecule has 2 aromatic rings. The van der Waals surface area contributed by atoms with E-state index in [0.29, 0.717) is 16.1 Å². The molecule has 0 N–H and O–H groups in total. The van der Waals surface area contributed by atoms with Crippen LogP contribution in [0.4, 0.5) is 4.39 Å². The summed E-state index contributed by atoms with van der Waals surface area (Å²) >= 11 is 9.27. The monoisotopic (exact) mass is 369 g/mol. The highest BCUT2D eigenvalue weighted by Gasteiger charge is 2.21. The van der Waals surface area contributed by atoms with Crippen molar-refractivity contribution < 1.29 is 9.18 Å². The van der Waals surface area contributed by atoms with Crippen LogP contribution in [0.3, 0.4) is 0 Å². The maximum Gasteiger partial charge on any atom is 0.254 e. The number of amides is 1. The lowest BCUT2D eigenvalue weighted by molar-refractivity contribution is 0.0740. The Morgan fingerprint density at radius 1 is 1.29 bits per heavy atom. The van der Waals surface area contributed by atoms with Crippen LogP contribution in [0.2, 0.25) is 5.02 Å². The highest BCUT2D eigenvalue weighted by Crippen LogP contribution is 2.25. The molecule has 0 heterocycles. The third-order valence-electron chi connectivity index (χ3n) is 3.37. The Kier molecular flexibility index (Phi) is 5.01. The molecule has 1 atom stereocenters. The van der Waals surface area contributed by atoms with Gasteiger partial charge in [0.05, 0.1) is 6.04 Å². The molecule has 0 aliphatic heterocycles. The van der Waals surface area contributed by atoms with Crippen molar-refractivity contribution in [3.63, 3.8) is 0 Å². The first-order chi connectivity index (χ1) is 9.90. The van der Waals surface area contributed by atoms with Crippen molar-refractivity contribution in [2.45, 2.75) is 13.0 Å². The Morgan fingerprint density at radius 3 is 2.57 bits per heavy atom. The molecule has 0 radical (unpaired) electrons. The van der Waals surface area contributed by atoms with Gasteiger partial charge in [-0.3, -0.25) is 4.79 Å². The molecule has 0 aliphatic carbocycles. The van der Waals surface area contributed by atoms with Crippen LogP contribution < -0.4 is 0 Å². The zero-order chi connectivity index (χ0) is 15.6. The van der Waals surface area contributed by atoms with E-state index in [0.717, 1.165) is 4.47 Å². The lowest BCUT2D eigenvalue weighted by Crippen LogP contribution is -2.30. The minimum Gasteiger partial charge on any atom is -0.335 e. The van der Waals surface area contributed by atoms with E-state index in [4.69, 9.17) is 11.6 Å². The zero-order valence-corrected chi connectivity index (χ0v) is 14.0. The summed E-state index contributed by atoms with van der Waals surface area (Å²) in [7, 11) is 1.65. The van der Waals surface area contributed by atoms with Crippen LogP contribution in [-0.2, 0) is 0 Å². The van der Waals surface area contributed by atoms with Crippen LogP contribution in [0.25, 0.3) is 0 Å². The molecule has 0 spiro atoms. The summed E-state index contributed by atoms with van der Waals surface area (Å²) in [5.74, 6) is -0.536. The molecule has 1 unspecified atom stereocenters. The van der Waals surface area contributed by atoms with Gasteiger partial charge >= 0.3 is 0 Å². The van der Waals surface area contributed by atoms with E-state index in [9.17, 15) is 9.18 Å². The van der Waals surface area contributed by atoms with Gasteiger partial charge in [-0.1, -0.05) is 45.7 Å². The number of hydrogen-bond donors (Lipinski definition) is 0. The van der Waals surface area contributed by atoms with E-state index in [-0.39, 0.29) is 17.8 Å². The molecule has 21 heavy (non-hydrogen) atoms. The molecule has 0 fully saturated rings. The number of halogens is 3. The van der Waals surface area contributed by atoms with Gasteiger partial charge in [-0.25, -0.2) is 4.39 Å². The van der Waals surface area contributed by atoms with E-state index in [1.165, 1.54) is 11.0 Å². The first kappa shape index (κ1) is 16.0. The molecule has 1 amide bonds. The van der Waals surface area contributed by atoms with Gasteiger partial charge in [-0.05, 0) is 31.2 Å². The van der Waals surface area contributed by atoms with Crippen molar-refractivity contribution in [2.75, 3.05) is 7.05 Å². The summed E-state index contributed by atoms with van der Waals surface area (Å²) in [5.41, 5.74) is 0.939. The van der Waals surface area contributed by atoms with E-state index in [1.54, 1.807) is 50.4 Å². The van der Waals surface area contributed by atoms with Gasteiger partial charge in [0.2, 0.25) is 0 Å². The molecular weight excluding hydrogens is 357 g/mol. The van der Waals surface area contributed by atoms with E-state index in [2.05, 4.69) is 15.9 Å². The summed E-state index contributed by atoms with van der Waals surface area (Å²) in [5, 5.41) is 0.472. The highest BCUT2D eigenvalue weighted by molar-refractivity contribution is 9.10. The fourth-order valence-corrected chi connectivity index (χ4v) is 2.94. The minimum atomic E-state index is -0.378. The van der Waals surface area contributed by atoms with Gasteiger partial charge in [-0.2, -0.15) is 0 Å². The Bertz CT molecular complexity index is 657. The smallest absolute Gasteiger partial charge is 0.254 e. The summed E-state index contributed by atoms with van der Waals surface area (Å²) in [6, 6.07) is 11.1. The van der Waals surface area contributed by atoms with Crippen LogP contribution in [0, 0.1) is 5.82 Å². The molecule has 110 valence electrons. The van der Waals surface area contributed by atoms with Crippen molar-refractivity contribution in [3.8, 4) is 0 Å². The number of carbonyl (C=O) groups is 1. The predicted octanol–water partition coefficient (Wildman–Crippen LogP) is 5.07. The first-order valence-electron chi connectivity index (χ1n) is 6.38. The Hall–Kier alpha value is -1.39. The second kappa shape index (κ2) is 6.58. The molecular formula is C16H14BrClFNO. The molecule has 0 bridgehead atoms. The lowest BCUT2D eigenvalue weighted by atomic mass is 10.1. The summed E-state index contributed by atoms with van der Waals surface area (Å²) in [6.07, 6.45) is 0. The molecule has 0 saturated carbocycles. The number of rotatable bonds is 3. The molecule has 2 nitrogen and oxygen atoms in total. The molecule has 5 heteroatoms. The SMILES string of the molecule is CC(c1ccccc1F)N(C)C(=O)c1cc(Cl)cc(Br)c1. The van der Waals surface area contributed by atoms with E-state index in [1.807, 2.05) is 0 Å². The third kappa shape index (κ3) is 3.63. The van der Waals surface area contributed by atoms with Crippen molar-refractivity contribution in [3.05, 3.63) is 68.9 Å². The van der Waals surface area contributed by atoms with Gasteiger partial charge in [-0.15, -0.1) is 0 Å². The van der Waals surface area contributed by atoms with Gasteiger partial charge in [0.1, 0.15) is 5.82 Å². The zero-order valence-electron chi connectivity index (χ0n) is 11.6. The summed E-state index contributed by atoms with van der Waals surface area (Å²) in [6.45, 7) is 1.79. The van der Waals surface area contributed by atoms with Gasteiger partial charge in [0, 0.05) is 27.7 Å². The van der Waals surface area contributed by atoms with Crippen LogP contribution in [0.5, 0.6) is 0 Å². The molecule has 0 aliphatic rings. The molecule has 2 rings (SSSR count). The van der Waals surface area contributed by atoms with Crippen LogP contribution in [-0.4, -0.2) is 17.9 Å².